The SMILES string of the molecule is Cc1cc(C(=O)C2CNc3nccc(-c4ccc(C(N)=O)cc4)c32)n(C)n1. The number of nitrogens with zero attached hydrogens (tertiary/aromatic N) is 3. The Labute approximate surface area is 156 Å². The number of rotatable bonds is 4. The molecular formula is C20H19N5O2. The van der Waals surface area contributed by atoms with E-state index in [1.54, 1.807) is 36.1 Å². The average Bonchev–Trinajstić information content (AvgIpc) is 3.24. The Morgan fingerprint density at radius 3 is 2.59 bits per heavy atom. The number of carbonyl (C=O) groups excluding carboxylic acids is 2. The van der Waals surface area contributed by atoms with Gasteiger partial charge in [-0.3, -0.25) is 14.3 Å². The Morgan fingerprint density at radius 2 is 1.96 bits per heavy atom. The van der Waals surface area contributed by atoms with Gasteiger partial charge in [0, 0.05) is 30.9 Å². The molecule has 0 radical (unpaired) electrons. The molecule has 0 saturated carbocycles. The van der Waals surface area contributed by atoms with Crippen molar-refractivity contribution < 1.29 is 9.59 Å². The first-order valence-corrected chi connectivity index (χ1v) is 8.63. The van der Waals surface area contributed by atoms with Gasteiger partial charge in [0.1, 0.15) is 11.5 Å². The lowest BCUT2D eigenvalue weighted by molar-refractivity contribution is 0.0956. The maximum absolute atomic E-state index is 13.2. The highest BCUT2D eigenvalue weighted by molar-refractivity contribution is 6.03. The monoisotopic (exact) mass is 361 g/mol. The zero-order valence-electron chi connectivity index (χ0n) is 15.1. The standard InChI is InChI=1S/C20H19N5O2/c1-11-9-16(25(2)24-11)18(26)15-10-23-20-17(15)14(7-8-22-20)12-3-5-13(6-4-12)19(21)27/h3-9,15H,10H2,1-2H3,(H2,21,27)(H,22,23). The molecule has 2 aromatic heterocycles. The third-order valence-electron chi connectivity index (χ3n) is 4.86. The lowest BCUT2D eigenvalue weighted by atomic mass is 9.89. The van der Waals surface area contributed by atoms with Crippen LogP contribution in [-0.2, 0) is 7.05 Å². The summed E-state index contributed by atoms with van der Waals surface area (Å²) in [4.78, 5) is 28.9. The van der Waals surface area contributed by atoms with Crippen molar-refractivity contribution in [2.75, 3.05) is 11.9 Å². The fourth-order valence-electron chi connectivity index (χ4n) is 3.58. The van der Waals surface area contributed by atoms with Crippen LogP contribution in [0.4, 0.5) is 5.82 Å². The molecule has 4 rings (SSSR count). The molecule has 1 aliphatic rings. The van der Waals surface area contributed by atoms with Gasteiger partial charge in [0.05, 0.1) is 11.6 Å². The number of fused-ring (bicyclic) bond motifs is 1. The fraction of sp³-hybridized carbons (Fsp3) is 0.200. The summed E-state index contributed by atoms with van der Waals surface area (Å²) in [5, 5.41) is 7.51. The summed E-state index contributed by atoms with van der Waals surface area (Å²) in [6.45, 7) is 2.35. The van der Waals surface area contributed by atoms with E-state index < -0.39 is 5.91 Å². The third kappa shape index (κ3) is 2.87. The highest BCUT2D eigenvalue weighted by Crippen LogP contribution is 2.39. The van der Waals surface area contributed by atoms with Crippen molar-refractivity contribution in [1.82, 2.24) is 14.8 Å². The first-order valence-electron chi connectivity index (χ1n) is 8.63. The summed E-state index contributed by atoms with van der Waals surface area (Å²) in [6.07, 6.45) is 1.71. The van der Waals surface area contributed by atoms with Crippen LogP contribution < -0.4 is 11.1 Å². The molecule has 0 fully saturated rings. The topological polar surface area (TPSA) is 103 Å². The van der Waals surface area contributed by atoms with Gasteiger partial charge >= 0.3 is 0 Å². The predicted octanol–water partition coefficient (Wildman–Crippen LogP) is 2.28. The highest BCUT2D eigenvalue weighted by atomic mass is 16.1. The molecule has 0 aliphatic carbocycles. The minimum atomic E-state index is -0.470. The molecule has 27 heavy (non-hydrogen) atoms. The van der Waals surface area contributed by atoms with Gasteiger partial charge in [0.25, 0.3) is 0 Å². The lowest BCUT2D eigenvalue weighted by Crippen LogP contribution is -2.18. The van der Waals surface area contributed by atoms with Crippen molar-refractivity contribution in [2.45, 2.75) is 12.8 Å². The summed E-state index contributed by atoms with van der Waals surface area (Å²) in [5.74, 6) is -0.104. The van der Waals surface area contributed by atoms with Gasteiger partial charge in [-0.25, -0.2) is 4.98 Å². The Morgan fingerprint density at radius 1 is 1.22 bits per heavy atom. The van der Waals surface area contributed by atoms with E-state index in [1.165, 1.54) is 0 Å². The van der Waals surface area contributed by atoms with Crippen molar-refractivity contribution in [3.8, 4) is 11.1 Å². The van der Waals surface area contributed by atoms with Crippen LogP contribution in [0.25, 0.3) is 11.1 Å². The van der Waals surface area contributed by atoms with Crippen LogP contribution in [0.3, 0.4) is 0 Å². The average molecular weight is 361 g/mol. The minimum Gasteiger partial charge on any atom is -0.369 e. The van der Waals surface area contributed by atoms with Crippen LogP contribution in [0.5, 0.6) is 0 Å². The van der Waals surface area contributed by atoms with Crippen molar-refractivity contribution in [3.63, 3.8) is 0 Å². The van der Waals surface area contributed by atoms with Gasteiger partial charge < -0.3 is 11.1 Å². The van der Waals surface area contributed by atoms with E-state index in [2.05, 4.69) is 15.4 Å². The second-order valence-corrected chi connectivity index (χ2v) is 6.65. The Balaban J connectivity index is 1.78. The van der Waals surface area contributed by atoms with E-state index >= 15 is 0 Å². The van der Waals surface area contributed by atoms with E-state index in [1.807, 2.05) is 25.1 Å². The van der Waals surface area contributed by atoms with Gasteiger partial charge in [-0.1, -0.05) is 12.1 Å². The zero-order valence-corrected chi connectivity index (χ0v) is 15.1. The maximum atomic E-state index is 13.2. The van der Waals surface area contributed by atoms with Crippen LogP contribution in [0.15, 0.2) is 42.6 Å². The number of primary amides is 1. The molecular weight excluding hydrogens is 342 g/mol. The van der Waals surface area contributed by atoms with Gasteiger partial charge in [0.15, 0.2) is 5.78 Å². The van der Waals surface area contributed by atoms with Gasteiger partial charge in [-0.2, -0.15) is 5.10 Å². The van der Waals surface area contributed by atoms with Gasteiger partial charge in [-0.05, 0) is 42.3 Å². The van der Waals surface area contributed by atoms with Crippen LogP contribution in [0, 0.1) is 6.92 Å². The van der Waals surface area contributed by atoms with Crippen molar-refractivity contribution in [1.29, 1.82) is 0 Å². The largest absolute Gasteiger partial charge is 0.369 e. The second kappa shape index (κ2) is 6.35. The molecule has 7 nitrogen and oxygen atoms in total. The number of hydrogen-bond acceptors (Lipinski definition) is 5. The lowest BCUT2D eigenvalue weighted by Gasteiger charge is -2.14. The zero-order chi connectivity index (χ0) is 19.1. The van der Waals surface area contributed by atoms with Gasteiger partial charge in [0.2, 0.25) is 5.91 Å². The smallest absolute Gasteiger partial charge is 0.248 e. The summed E-state index contributed by atoms with van der Waals surface area (Å²) < 4.78 is 1.62. The number of pyridine rings is 1. The fourth-order valence-corrected chi connectivity index (χ4v) is 3.58. The molecule has 3 aromatic rings. The van der Waals surface area contributed by atoms with Crippen LogP contribution in [-0.4, -0.2) is 33.0 Å². The number of aromatic nitrogens is 3. The first-order chi connectivity index (χ1) is 13.0. The number of Topliss-reactive ketones (excluding diaryl/α,β-unsaturated/α-hetero) is 1. The number of benzene rings is 1. The normalized spacial score (nSPS) is 15.3. The summed E-state index contributed by atoms with van der Waals surface area (Å²) in [5.41, 5.74) is 9.84. The highest BCUT2D eigenvalue weighted by Gasteiger charge is 2.34. The quantitative estimate of drug-likeness (QED) is 0.694. The molecule has 0 spiro atoms. The Hall–Kier alpha value is -3.48. The van der Waals surface area contributed by atoms with E-state index in [-0.39, 0.29) is 11.7 Å². The molecule has 1 aliphatic heterocycles. The Bertz CT molecular complexity index is 1050. The number of carbonyl (C=O) groups is 2. The molecule has 0 saturated heterocycles. The van der Waals surface area contributed by atoms with E-state index in [0.29, 0.717) is 23.6 Å². The number of anilines is 1. The van der Waals surface area contributed by atoms with Crippen LogP contribution >= 0.6 is 0 Å². The van der Waals surface area contributed by atoms with Crippen molar-refractivity contribution in [3.05, 3.63) is 65.1 Å². The molecule has 0 bridgehead atoms. The summed E-state index contributed by atoms with van der Waals surface area (Å²) in [6, 6.07) is 10.7. The Kier molecular flexibility index (Phi) is 3.99. The maximum Gasteiger partial charge on any atom is 0.248 e. The number of ketones is 1. The number of aryl methyl sites for hydroxylation is 2. The van der Waals surface area contributed by atoms with Crippen LogP contribution in [0.2, 0.25) is 0 Å². The molecule has 1 aromatic carbocycles. The molecule has 1 atom stereocenters. The number of nitrogens with two attached hydrogens (primary N) is 1. The minimum absolute atomic E-state index is 0.00681. The molecule has 1 amide bonds. The van der Waals surface area contributed by atoms with Crippen molar-refractivity contribution >= 4 is 17.5 Å². The molecule has 1 unspecified atom stereocenters. The van der Waals surface area contributed by atoms with Gasteiger partial charge in [-0.15, -0.1) is 0 Å². The molecule has 7 heteroatoms. The first kappa shape index (κ1) is 17.0. The van der Waals surface area contributed by atoms with E-state index in [0.717, 1.165) is 22.4 Å². The predicted molar refractivity (Wildman–Crippen MR) is 102 cm³/mol. The molecule has 3 N–H and O–H groups in total. The third-order valence-corrected chi connectivity index (χ3v) is 4.86. The molecule has 3 heterocycles. The number of amides is 1. The van der Waals surface area contributed by atoms with E-state index in [9.17, 15) is 9.59 Å². The summed E-state index contributed by atoms with van der Waals surface area (Å²) >= 11 is 0. The number of nitrogens with one attached hydrogen (secondary N) is 1. The number of hydrogen-bond donors (Lipinski definition) is 2. The van der Waals surface area contributed by atoms with Crippen molar-refractivity contribution in [2.24, 2.45) is 12.8 Å². The summed E-state index contributed by atoms with van der Waals surface area (Å²) in [7, 11) is 1.77. The van der Waals surface area contributed by atoms with Crippen LogP contribution in [0.1, 0.15) is 38.0 Å². The van der Waals surface area contributed by atoms with E-state index in [4.69, 9.17) is 5.73 Å². The second-order valence-electron chi connectivity index (χ2n) is 6.65. The molecule has 136 valence electrons.